The Bertz CT molecular complexity index is 1370. The van der Waals surface area contributed by atoms with Gasteiger partial charge in [0.25, 0.3) is 0 Å². The highest BCUT2D eigenvalue weighted by molar-refractivity contribution is 8.00. The summed E-state index contributed by atoms with van der Waals surface area (Å²) in [6, 6.07) is 40.8. The normalized spacial score (nSPS) is 19.3. The third-order valence-electron chi connectivity index (χ3n) is 7.61. The smallest absolute Gasteiger partial charge is 0.236 e. The van der Waals surface area contributed by atoms with Crippen LogP contribution in [0.4, 0.5) is 0 Å². The number of oxazole rings is 1. The van der Waals surface area contributed by atoms with Gasteiger partial charge in [-0.25, -0.2) is 4.98 Å². The molecule has 0 radical (unpaired) electrons. The highest BCUT2D eigenvalue weighted by atomic mass is 32.2. The van der Waals surface area contributed by atoms with Crippen LogP contribution < -0.4 is 4.90 Å². The van der Waals surface area contributed by atoms with E-state index in [0.717, 1.165) is 42.9 Å². The zero-order valence-corrected chi connectivity index (χ0v) is 22.6. The van der Waals surface area contributed by atoms with Gasteiger partial charge in [-0.3, -0.25) is 0 Å². The molecule has 0 saturated carbocycles. The van der Waals surface area contributed by atoms with Gasteiger partial charge in [-0.15, -0.1) is 11.8 Å². The molecule has 3 atom stereocenters. The number of aliphatic hydroxyl groups is 1. The predicted octanol–water partition coefficient (Wildman–Crippen LogP) is 5.38. The van der Waals surface area contributed by atoms with E-state index in [1.165, 1.54) is 15.4 Å². The molecule has 39 heavy (non-hydrogen) atoms. The first-order valence-corrected chi connectivity index (χ1v) is 14.4. The highest BCUT2D eigenvalue weighted by Crippen LogP contribution is 2.36. The maximum Gasteiger partial charge on any atom is 0.236 e. The second-order valence-electron chi connectivity index (χ2n) is 10.3. The van der Waals surface area contributed by atoms with Gasteiger partial charge in [0.05, 0.1) is 24.5 Å². The van der Waals surface area contributed by atoms with Gasteiger partial charge in [-0.05, 0) is 35.2 Å². The molecular formula is C34H33N2O2S+. The van der Waals surface area contributed by atoms with E-state index in [-0.39, 0.29) is 0 Å². The fourth-order valence-electron chi connectivity index (χ4n) is 5.69. The summed E-state index contributed by atoms with van der Waals surface area (Å²) < 4.78 is 6.34. The number of aromatic nitrogens is 1. The van der Waals surface area contributed by atoms with Gasteiger partial charge in [0.15, 0.2) is 11.4 Å². The van der Waals surface area contributed by atoms with Crippen LogP contribution in [0.3, 0.4) is 0 Å². The fourth-order valence-corrected chi connectivity index (χ4v) is 7.06. The molecular weight excluding hydrogens is 500 g/mol. The summed E-state index contributed by atoms with van der Waals surface area (Å²) in [7, 11) is 0. The van der Waals surface area contributed by atoms with Gasteiger partial charge < -0.3 is 14.4 Å². The van der Waals surface area contributed by atoms with Crippen molar-refractivity contribution in [1.82, 2.24) is 4.98 Å². The molecule has 0 aliphatic carbocycles. The molecule has 1 fully saturated rings. The van der Waals surface area contributed by atoms with Crippen LogP contribution in [0.1, 0.15) is 28.3 Å². The molecule has 1 aromatic heterocycles. The lowest BCUT2D eigenvalue weighted by molar-refractivity contribution is -0.903. The summed E-state index contributed by atoms with van der Waals surface area (Å²) in [4.78, 5) is 7.42. The minimum absolute atomic E-state index is 0.310. The lowest BCUT2D eigenvalue weighted by atomic mass is 9.86. The Morgan fingerprint density at radius 1 is 0.769 bits per heavy atom. The van der Waals surface area contributed by atoms with Crippen molar-refractivity contribution < 1.29 is 14.4 Å². The van der Waals surface area contributed by atoms with Gasteiger partial charge in [-0.2, -0.15) is 0 Å². The Hall–Kier alpha value is -3.64. The van der Waals surface area contributed by atoms with Crippen molar-refractivity contribution >= 4 is 11.8 Å². The van der Waals surface area contributed by atoms with Crippen molar-refractivity contribution in [3.63, 3.8) is 0 Å². The van der Waals surface area contributed by atoms with E-state index in [1.807, 2.05) is 72.4 Å². The van der Waals surface area contributed by atoms with E-state index in [2.05, 4.69) is 65.6 Å². The molecule has 2 heterocycles. The molecule has 0 amide bonds. The lowest BCUT2D eigenvalue weighted by Gasteiger charge is -2.26. The molecule has 196 valence electrons. The third-order valence-corrected chi connectivity index (χ3v) is 9.01. The van der Waals surface area contributed by atoms with Crippen LogP contribution in [-0.4, -0.2) is 28.4 Å². The van der Waals surface area contributed by atoms with E-state index in [9.17, 15) is 5.11 Å². The van der Waals surface area contributed by atoms with Crippen molar-refractivity contribution in [2.24, 2.45) is 5.92 Å². The number of thioether (sulfide) groups is 1. The number of hydrogen-bond acceptors (Lipinski definition) is 4. The Labute approximate surface area is 234 Å². The molecule has 0 bridgehead atoms. The molecule has 2 N–H and O–H groups in total. The number of rotatable bonds is 9. The molecule has 1 aliphatic rings. The van der Waals surface area contributed by atoms with Crippen LogP contribution in [0.15, 0.2) is 137 Å². The number of nitrogens with one attached hydrogen (secondary N) is 1. The van der Waals surface area contributed by atoms with E-state index >= 15 is 0 Å². The SMILES string of the molecule is OC(c1ccccc1)(c1ccccc1)c1ncc(C[NH+]2CC(Cc3ccccc3)C(Sc3ccccc3)C2)o1. The summed E-state index contributed by atoms with van der Waals surface area (Å²) in [5.74, 6) is 1.67. The number of quaternary nitrogens is 1. The first kappa shape index (κ1) is 25.6. The zero-order chi connectivity index (χ0) is 26.5. The van der Waals surface area contributed by atoms with Crippen LogP contribution in [0.5, 0.6) is 0 Å². The van der Waals surface area contributed by atoms with Gasteiger partial charge in [0, 0.05) is 10.8 Å². The summed E-state index contributed by atoms with van der Waals surface area (Å²) in [6.07, 6.45) is 2.86. The average molecular weight is 534 g/mol. The molecule has 4 aromatic carbocycles. The Kier molecular flexibility index (Phi) is 7.64. The minimum atomic E-state index is -1.46. The predicted molar refractivity (Wildman–Crippen MR) is 156 cm³/mol. The van der Waals surface area contributed by atoms with Crippen molar-refractivity contribution in [3.05, 3.63) is 156 Å². The average Bonchev–Trinajstić information content (AvgIpc) is 3.61. The molecule has 3 unspecified atom stereocenters. The van der Waals surface area contributed by atoms with Crippen LogP contribution >= 0.6 is 11.8 Å². The van der Waals surface area contributed by atoms with Gasteiger partial charge in [0.1, 0.15) is 6.54 Å². The summed E-state index contributed by atoms with van der Waals surface area (Å²) in [5.41, 5.74) is 1.41. The third kappa shape index (κ3) is 5.71. The van der Waals surface area contributed by atoms with Crippen LogP contribution in [0, 0.1) is 5.92 Å². The molecule has 5 heteroatoms. The van der Waals surface area contributed by atoms with Crippen molar-refractivity contribution in [1.29, 1.82) is 0 Å². The largest absolute Gasteiger partial charge is 0.436 e. The summed E-state index contributed by atoms with van der Waals surface area (Å²) >= 11 is 1.99. The lowest BCUT2D eigenvalue weighted by Crippen LogP contribution is -3.09. The fraction of sp³-hybridized carbons (Fsp3) is 0.206. The standard InChI is InChI=1S/C34H32N2O2S/c37-34(28-15-7-2-8-16-28,29-17-9-3-10-18-29)33-35-22-30(38-33)24-36-23-27(21-26-13-5-1-6-14-26)32(25-36)39-31-19-11-4-12-20-31/h1-20,22,27,32,37H,21,23-25H2/p+1. The molecule has 4 nitrogen and oxygen atoms in total. The molecule has 1 aliphatic heterocycles. The number of hydrogen-bond donors (Lipinski definition) is 2. The Morgan fingerprint density at radius 2 is 1.33 bits per heavy atom. The van der Waals surface area contributed by atoms with E-state index in [0.29, 0.717) is 17.1 Å². The number of nitrogens with zero attached hydrogens (tertiary/aromatic N) is 1. The monoisotopic (exact) mass is 533 g/mol. The summed E-state index contributed by atoms with van der Waals surface area (Å²) in [5, 5.41) is 12.6. The summed E-state index contributed by atoms with van der Waals surface area (Å²) in [6.45, 7) is 2.86. The molecule has 6 rings (SSSR count). The van der Waals surface area contributed by atoms with E-state index in [1.54, 1.807) is 6.20 Å². The maximum atomic E-state index is 12.0. The van der Waals surface area contributed by atoms with Crippen LogP contribution in [-0.2, 0) is 18.6 Å². The highest BCUT2D eigenvalue weighted by Gasteiger charge is 2.40. The number of benzene rings is 4. The van der Waals surface area contributed by atoms with E-state index in [4.69, 9.17) is 4.42 Å². The number of likely N-dealkylation sites (tertiary alicyclic amines) is 1. The first-order chi connectivity index (χ1) is 19.2. The Balaban J connectivity index is 1.23. The van der Waals surface area contributed by atoms with E-state index < -0.39 is 5.60 Å². The maximum absolute atomic E-state index is 12.0. The van der Waals surface area contributed by atoms with Gasteiger partial charge in [0.2, 0.25) is 5.89 Å². The Morgan fingerprint density at radius 3 is 1.95 bits per heavy atom. The molecule has 1 saturated heterocycles. The van der Waals surface area contributed by atoms with Crippen molar-refractivity contribution in [2.75, 3.05) is 13.1 Å². The van der Waals surface area contributed by atoms with Crippen LogP contribution in [0.2, 0.25) is 0 Å². The topological polar surface area (TPSA) is 50.7 Å². The first-order valence-electron chi connectivity index (χ1n) is 13.6. The molecule has 0 spiro atoms. The second kappa shape index (κ2) is 11.6. The zero-order valence-electron chi connectivity index (χ0n) is 21.8. The quantitative estimate of drug-likeness (QED) is 0.267. The van der Waals surface area contributed by atoms with Crippen LogP contribution in [0.25, 0.3) is 0 Å². The van der Waals surface area contributed by atoms with Crippen molar-refractivity contribution in [2.45, 2.75) is 28.7 Å². The van der Waals surface area contributed by atoms with Crippen molar-refractivity contribution in [3.8, 4) is 0 Å². The van der Waals surface area contributed by atoms with Gasteiger partial charge in [-0.1, -0.05) is 109 Å². The molecule has 5 aromatic rings. The van der Waals surface area contributed by atoms with Gasteiger partial charge >= 0.3 is 0 Å². The second-order valence-corrected chi connectivity index (χ2v) is 11.6. The minimum Gasteiger partial charge on any atom is -0.436 e.